The summed E-state index contributed by atoms with van der Waals surface area (Å²) in [6.07, 6.45) is 3.14. The van der Waals surface area contributed by atoms with E-state index in [1.165, 1.54) is 11.1 Å². The molecule has 1 heterocycles. The zero-order valence-electron chi connectivity index (χ0n) is 14.0. The van der Waals surface area contributed by atoms with Crippen LogP contribution in [-0.2, 0) is 12.8 Å². The number of carbonyl (C=O) groups excluding carboxylic acids is 1. The summed E-state index contributed by atoms with van der Waals surface area (Å²) in [6.45, 7) is 0. The Kier molecular flexibility index (Phi) is 4.28. The van der Waals surface area contributed by atoms with Crippen molar-refractivity contribution in [2.45, 2.75) is 19.3 Å². The van der Waals surface area contributed by atoms with E-state index in [1.54, 1.807) is 18.4 Å². The zero-order valence-corrected chi connectivity index (χ0v) is 14.9. The molecule has 1 aromatic heterocycles. The molecule has 3 aromatic rings. The average Bonchev–Trinajstić information content (AvgIpc) is 3.26. The molecule has 0 saturated carbocycles. The molecule has 126 valence electrons. The minimum absolute atomic E-state index is 0.104. The smallest absolute Gasteiger partial charge is 0.203 e. The van der Waals surface area contributed by atoms with Crippen LogP contribution >= 0.6 is 11.3 Å². The Morgan fingerprint density at radius 2 is 1.72 bits per heavy atom. The lowest BCUT2D eigenvalue weighted by molar-refractivity contribution is 0.104. The van der Waals surface area contributed by atoms with Crippen LogP contribution in [0.5, 0.6) is 5.75 Å². The molecule has 0 amide bonds. The number of rotatable bonds is 5. The number of fused-ring (bicyclic) bond motifs is 1. The second-order valence-electron chi connectivity index (χ2n) is 6.12. The lowest BCUT2D eigenvalue weighted by atomic mass is 10.0. The van der Waals surface area contributed by atoms with Gasteiger partial charge in [0.1, 0.15) is 5.75 Å². The quantitative estimate of drug-likeness (QED) is 0.642. The van der Waals surface area contributed by atoms with Gasteiger partial charge in [0, 0.05) is 11.3 Å². The van der Waals surface area contributed by atoms with Gasteiger partial charge in [-0.15, -0.1) is 11.3 Å². The van der Waals surface area contributed by atoms with Crippen molar-refractivity contribution < 1.29 is 9.53 Å². The van der Waals surface area contributed by atoms with Crippen LogP contribution < -0.4 is 10.1 Å². The van der Waals surface area contributed by atoms with E-state index in [-0.39, 0.29) is 5.78 Å². The van der Waals surface area contributed by atoms with Gasteiger partial charge in [-0.1, -0.05) is 18.2 Å². The van der Waals surface area contributed by atoms with Gasteiger partial charge in [0.15, 0.2) is 0 Å². The Hall–Kier alpha value is -2.59. The first-order chi connectivity index (χ1) is 12.3. The number of ether oxygens (including phenoxy) is 1. The van der Waals surface area contributed by atoms with Gasteiger partial charge in [-0.05, 0) is 66.8 Å². The summed E-state index contributed by atoms with van der Waals surface area (Å²) in [6, 6.07) is 17.5. The number of ketones is 1. The number of hydrogen-bond acceptors (Lipinski definition) is 4. The third-order valence-electron chi connectivity index (χ3n) is 4.56. The van der Waals surface area contributed by atoms with E-state index < -0.39 is 0 Å². The standard InChI is InChI=1S/C21H19NO2S/c1-24-16-12-10-14(11-13-16)19(23)20-17-8-5-9-18(17)21(25-20)22-15-6-3-2-4-7-15/h2-4,6-7,10-13,22H,5,8-9H2,1H3. The molecule has 0 unspecified atom stereocenters. The SMILES string of the molecule is COc1ccc(C(=O)c2sc(Nc3ccccc3)c3c2CCC3)cc1. The van der Waals surface area contributed by atoms with Crippen LogP contribution in [-0.4, -0.2) is 12.9 Å². The van der Waals surface area contributed by atoms with Crippen LogP contribution in [0.15, 0.2) is 54.6 Å². The number of thiophene rings is 1. The van der Waals surface area contributed by atoms with Crippen molar-refractivity contribution >= 4 is 27.8 Å². The molecule has 0 radical (unpaired) electrons. The van der Waals surface area contributed by atoms with Crippen LogP contribution in [0.3, 0.4) is 0 Å². The Labute approximate surface area is 151 Å². The van der Waals surface area contributed by atoms with Gasteiger partial charge >= 0.3 is 0 Å². The molecule has 1 aliphatic rings. The van der Waals surface area contributed by atoms with Crippen molar-refractivity contribution in [3.05, 3.63) is 76.2 Å². The molecule has 0 aliphatic heterocycles. The second-order valence-corrected chi connectivity index (χ2v) is 7.14. The number of methoxy groups -OCH3 is 1. The molecular weight excluding hydrogens is 330 g/mol. The molecule has 0 bridgehead atoms. The normalized spacial score (nSPS) is 12.7. The monoisotopic (exact) mass is 349 g/mol. The summed E-state index contributed by atoms with van der Waals surface area (Å²) in [5, 5.41) is 4.60. The maximum absolute atomic E-state index is 13.0. The van der Waals surface area contributed by atoms with Crippen LogP contribution in [0, 0.1) is 0 Å². The summed E-state index contributed by atoms with van der Waals surface area (Å²) in [4.78, 5) is 13.9. The van der Waals surface area contributed by atoms with Crippen LogP contribution in [0.1, 0.15) is 32.8 Å². The lowest BCUT2D eigenvalue weighted by Crippen LogP contribution is -2.01. The van der Waals surface area contributed by atoms with Gasteiger partial charge in [0.05, 0.1) is 17.0 Å². The third-order valence-corrected chi connectivity index (χ3v) is 5.75. The maximum atomic E-state index is 13.0. The largest absolute Gasteiger partial charge is 0.497 e. The average molecular weight is 349 g/mol. The first-order valence-corrected chi connectivity index (χ1v) is 9.23. The van der Waals surface area contributed by atoms with E-state index in [2.05, 4.69) is 5.32 Å². The predicted molar refractivity (Wildman–Crippen MR) is 102 cm³/mol. The Bertz CT molecular complexity index is 898. The topological polar surface area (TPSA) is 38.3 Å². The van der Waals surface area contributed by atoms with Crippen molar-refractivity contribution in [1.82, 2.24) is 0 Å². The highest BCUT2D eigenvalue weighted by atomic mass is 32.1. The molecule has 4 heteroatoms. The van der Waals surface area contributed by atoms with E-state index >= 15 is 0 Å². The molecule has 4 rings (SSSR count). The number of carbonyl (C=O) groups is 1. The first kappa shape index (κ1) is 15.9. The first-order valence-electron chi connectivity index (χ1n) is 8.41. The van der Waals surface area contributed by atoms with Crippen LogP contribution in [0.2, 0.25) is 0 Å². The van der Waals surface area contributed by atoms with Crippen LogP contribution in [0.4, 0.5) is 10.7 Å². The summed E-state index contributed by atoms with van der Waals surface area (Å²) in [5.41, 5.74) is 4.31. The summed E-state index contributed by atoms with van der Waals surface area (Å²) in [7, 11) is 1.63. The van der Waals surface area contributed by atoms with Crippen molar-refractivity contribution in [3.63, 3.8) is 0 Å². The fourth-order valence-corrected chi connectivity index (χ4v) is 4.56. The van der Waals surface area contributed by atoms with Gasteiger partial charge in [-0.3, -0.25) is 4.79 Å². The summed E-state index contributed by atoms with van der Waals surface area (Å²) in [5.74, 6) is 0.867. The van der Waals surface area contributed by atoms with E-state index in [0.717, 1.165) is 40.6 Å². The van der Waals surface area contributed by atoms with Gasteiger partial charge < -0.3 is 10.1 Å². The van der Waals surface area contributed by atoms with Gasteiger partial charge in [0.2, 0.25) is 5.78 Å². The molecule has 1 aliphatic carbocycles. The Balaban J connectivity index is 1.68. The maximum Gasteiger partial charge on any atom is 0.203 e. The molecule has 0 saturated heterocycles. The lowest BCUT2D eigenvalue weighted by Gasteiger charge is -2.05. The molecule has 0 fully saturated rings. The minimum atomic E-state index is 0.104. The molecule has 0 atom stereocenters. The van der Waals surface area contributed by atoms with E-state index in [9.17, 15) is 4.79 Å². The highest BCUT2D eigenvalue weighted by molar-refractivity contribution is 7.18. The fraction of sp³-hybridized carbons (Fsp3) is 0.190. The fourth-order valence-electron chi connectivity index (χ4n) is 3.28. The van der Waals surface area contributed by atoms with Crippen molar-refractivity contribution in [2.75, 3.05) is 12.4 Å². The molecule has 3 nitrogen and oxygen atoms in total. The zero-order chi connectivity index (χ0) is 17.2. The van der Waals surface area contributed by atoms with E-state index in [4.69, 9.17) is 4.74 Å². The second kappa shape index (κ2) is 6.73. The molecular formula is C21H19NO2S. The van der Waals surface area contributed by atoms with Crippen LogP contribution in [0.25, 0.3) is 0 Å². The molecule has 1 N–H and O–H groups in total. The van der Waals surface area contributed by atoms with Crippen molar-refractivity contribution in [3.8, 4) is 5.75 Å². The summed E-state index contributed by atoms with van der Waals surface area (Å²) >= 11 is 1.58. The minimum Gasteiger partial charge on any atom is -0.497 e. The van der Waals surface area contributed by atoms with Gasteiger partial charge in [-0.25, -0.2) is 0 Å². The Morgan fingerprint density at radius 3 is 2.44 bits per heavy atom. The number of hydrogen-bond donors (Lipinski definition) is 1. The number of benzene rings is 2. The van der Waals surface area contributed by atoms with Crippen molar-refractivity contribution in [1.29, 1.82) is 0 Å². The highest BCUT2D eigenvalue weighted by Gasteiger charge is 2.26. The van der Waals surface area contributed by atoms with Gasteiger partial charge in [0.25, 0.3) is 0 Å². The Morgan fingerprint density at radius 1 is 1.00 bits per heavy atom. The molecule has 25 heavy (non-hydrogen) atoms. The van der Waals surface area contributed by atoms with E-state index in [1.807, 2.05) is 54.6 Å². The number of anilines is 2. The molecule has 0 spiro atoms. The highest BCUT2D eigenvalue weighted by Crippen LogP contribution is 2.41. The molecule has 2 aromatic carbocycles. The number of nitrogens with one attached hydrogen (secondary N) is 1. The van der Waals surface area contributed by atoms with Crippen molar-refractivity contribution in [2.24, 2.45) is 0 Å². The number of para-hydroxylation sites is 1. The summed E-state index contributed by atoms with van der Waals surface area (Å²) < 4.78 is 5.18. The third kappa shape index (κ3) is 3.05. The van der Waals surface area contributed by atoms with E-state index in [0.29, 0.717) is 5.56 Å². The van der Waals surface area contributed by atoms with Gasteiger partial charge in [-0.2, -0.15) is 0 Å². The predicted octanol–water partition coefficient (Wildman–Crippen LogP) is 5.22.